The summed E-state index contributed by atoms with van der Waals surface area (Å²) in [4.78, 5) is 5.13. The molecule has 244 valence electrons. The zero-order chi connectivity index (χ0) is 32.8. The minimum Gasteiger partial charge on any atom is -0.748 e. The van der Waals surface area contributed by atoms with Crippen molar-refractivity contribution in [2.75, 3.05) is 43.1 Å². The van der Waals surface area contributed by atoms with E-state index >= 15 is 0 Å². The van der Waals surface area contributed by atoms with Gasteiger partial charge in [0.05, 0.1) is 42.7 Å². The van der Waals surface area contributed by atoms with Crippen LogP contribution in [0.4, 0.5) is 5.69 Å². The Morgan fingerprint density at radius 2 is 1.62 bits per heavy atom. The quantitative estimate of drug-likeness (QED) is 0.141. The second-order valence-corrected chi connectivity index (χ2v) is 16.0. The maximum Gasteiger partial charge on any atom is 0.265 e. The average Bonchev–Trinajstić information content (AvgIpc) is 3.70. The van der Waals surface area contributed by atoms with Crippen LogP contribution in [0.1, 0.15) is 31.7 Å². The number of hydrogen-bond donors (Lipinski definition) is 0. The van der Waals surface area contributed by atoms with Gasteiger partial charge in [-0.1, -0.05) is 48.5 Å². The van der Waals surface area contributed by atoms with Gasteiger partial charge in [-0.2, -0.15) is 4.57 Å². The van der Waals surface area contributed by atoms with Crippen LogP contribution >= 0.6 is 34.7 Å². The molecule has 0 spiro atoms. The number of benzene rings is 2. The van der Waals surface area contributed by atoms with Crippen molar-refractivity contribution in [3.8, 4) is 5.69 Å². The molecule has 4 aromatic rings. The van der Waals surface area contributed by atoms with Gasteiger partial charge in [0.1, 0.15) is 4.70 Å². The molecule has 0 bridgehead atoms. The highest BCUT2D eigenvalue weighted by Gasteiger charge is 2.28. The first kappa shape index (κ1) is 35.4. The Labute approximate surface area is 278 Å². The summed E-state index contributed by atoms with van der Waals surface area (Å²) in [5, 5.41) is 2.18. The van der Waals surface area contributed by atoms with Gasteiger partial charge in [-0.25, -0.2) is 16.8 Å². The number of anilines is 1. The molecule has 0 amide bonds. The number of rotatable bonds is 12. The van der Waals surface area contributed by atoms with E-state index in [9.17, 15) is 25.9 Å². The third-order valence-electron chi connectivity index (χ3n) is 7.19. The average molecular weight is 712 g/mol. The number of aryl methyl sites for hydroxylation is 1. The first-order chi connectivity index (χ1) is 21.3. The predicted octanol–water partition coefficient (Wildman–Crippen LogP) is 5.37. The molecule has 5 rings (SSSR count). The highest BCUT2D eigenvalue weighted by atomic mass is 35.5. The van der Waals surface area contributed by atoms with Gasteiger partial charge in [-0.3, -0.25) is 0 Å². The van der Waals surface area contributed by atoms with Crippen molar-refractivity contribution < 1.29 is 30.5 Å². The minimum atomic E-state index is -4.36. The van der Waals surface area contributed by atoms with Crippen LogP contribution in [-0.4, -0.2) is 73.6 Å². The summed E-state index contributed by atoms with van der Waals surface area (Å²) in [6, 6.07) is 15.4. The van der Waals surface area contributed by atoms with Crippen LogP contribution in [0.25, 0.3) is 22.0 Å². The summed E-state index contributed by atoms with van der Waals surface area (Å²) >= 11 is 9.28. The lowest BCUT2D eigenvalue weighted by Crippen LogP contribution is -2.36. The number of thioether (sulfide) groups is 1. The zero-order valence-electron chi connectivity index (χ0n) is 25.3. The molecule has 1 aliphatic heterocycles. The van der Waals surface area contributed by atoms with Crippen LogP contribution in [0, 0.1) is 0 Å². The highest BCUT2D eigenvalue weighted by Crippen LogP contribution is 2.48. The Kier molecular flexibility index (Phi) is 12.2. The first-order valence-corrected chi connectivity index (χ1v) is 19.6. The molecule has 0 aliphatic carbocycles. The summed E-state index contributed by atoms with van der Waals surface area (Å²) in [5.74, 6) is -0.953. The number of nitrogens with zero attached hydrogens (tertiary/aromatic N) is 4. The fraction of sp³-hybridized carbons (Fsp3) is 0.367. The van der Waals surface area contributed by atoms with Gasteiger partial charge in [-0.15, -0.1) is 0 Å². The van der Waals surface area contributed by atoms with Crippen LogP contribution < -0.4 is 9.47 Å². The largest absolute Gasteiger partial charge is 0.748 e. The molecule has 45 heavy (non-hydrogen) atoms. The van der Waals surface area contributed by atoms with E-state index in [0.717, 1.165) is 49.6 Å². The summed E-state index contributed by atoms with van der Waals surface area (Å²) < 4.78 is 72.5. The summed E-state index contributed by atoms with van der Waals surface area (Å²) in [6.07, 6.45) is 6.13. The van der Waals surface area contributed by atoms with Crippen molar-refractivity contribution in [3.63, 3.8) is 0 Å². The molecule has 0 N–H and O–H groups in total. The third-order valence-corrected chi connectivity index (χ3v) is 11.2. The Morgan fingerprint density at radius 3 is 2.24 bits per heavy atom. The maximum absolute atomic E-state index is 11.3. The molecule has 0 unspecified atom stereocenters. The molecule has 2 aromatic heterocycles. The van der Waals surface area contributed by atoms with Crippen LogP contribution in [0.15, 0.2) is 70.8 Å². The van der Waals surface area contributed by atoms with Gasteiger partial charge in [0.2, 0.25) is 5.52 Å². The fourth-order valence-electron chi connectivity index (χ4n) is 4.64. The molecule has 0 radical (unpaired) electrons. The van der Waals surface area contributed by atoms with E-state index in [2.05, 4.69) is 25.8 Å². The molecule has 2 aromatic carbocycles. The topological polar surface area (TPSA) is 130 Å². The Hall–Kier alpha value is -2.43. The molecule has 0 atom stereocenters. The van der Waals surface area contributed by atoms with Crippen molar-refractivity contribution in [2.24, 2.45) is 0 Å². The Balaban J connectivity index is 0.000000700. The SMILES string of the molecule is CCN(C)CC.O=S(=O)([O-])CCCN1/C(=C/c2sc3ccc(-n4cccc4)cc3[n+]2CCCS(=O)(=O)[O-])Sc2ccc(Cl)cc21. The molecule has 1 aliphatic rings. The van der Waals surface area contributed by atoms with Crippen LogP contribution in [0.2, 0.25) is 5.02 Å². The third kappa shape index (κ3) is 10.0. The van der Waals surface area contributed by atoms with Crippen LogP contribution in [0.5, 0.6) is 0 Å². The van der Waals surface area contributed by atoms with Crippen molar-refractivity contribution in [2.45, 2.75) is 38.1 Å². The summed E-state index contributed by atoms with van der Waals surface area (Å²) in [7, 11) is -6.60. The number of halogens is 1. The first-order valence-electron chi connectivity index (χ1n) is 14.4. The van der Waals surface area contributed by atoms with Gasteiger partial charge in [0, 0.05) is 52.8 Å². The smallest absolute Gasteiger partial charge is 0.265 e. The van der Waals surface area contributed by atoms with Crippen molar-refractivity contribution >= 4 is 76.9 Å². The van der Waals surface area contributed by atoms with E-state index in [1.165, 1.54) is 23.1 Å². The number of hydrogen-bond acceptors (Lipinski definition) is 10. The number of thiazole rings is 1. The molecule has 0 saturated heterocycles. The second-order valence-electron chi connectivity index (χ2n) is 10.4. The molecule has 3 heterocycles. The molecular formula is C30H36ClN4O6S4-. The molecule has 0 fully saturated rings. The van der Waals surface area contributed by atoms with Crippen molar-refractivity contribution in [3.05, 3.63) is 76.0 Å². The van der Waals surface area contributed by atoms with E-state index in [1.54, 1.807) is 12.1 Å². The highest BCUT2D eigenvalue weighted by molar-refractivity contribution is 8.04. The number of fused-ring (bicyclic) bond motifs is 2. The van der Waals surface area contributed by atoms with Gasteiger partial charge in [-0.05, 0) is 69.0 Å². The van der Waals surface area contributed by atoms with E-state index < -0.39 is 31.7 Å². The minimum absolute atomic E-state index is 0.143. The molecule has 15 heteroatoms. The van der Waals surface area contributed by atoms with E-state index in [4.69, 9.17) is 11.6 Å². The monoisotopic (exact) mass is 711 g/mol. The summed E-state index contributed by atoms with van der Waals surface area (Å²) in [6.45, 7) is 7.25. The van der Waals surface area contributed by atoms with Gasteiger partial charge < -0.3 is 23.5 Å². The molecule has 0 saturated carbocycles. The van der Waals surface area contributed by atoms with Gasteiger partial charge in [0.25, 0.3) is 5.01 Å². The standard InChI is InChI=1S/C25H24ClN3O6S4.C5H13N/c26-18-5-7-22-20(15-18)28(11-3-13-38(30,31)32)24(36-22)17-25-29(12-4-14-39(33,34)35)21-16-19(6-8-23(21)37-25)27-9-1-2-10-27;1-4-6(3)5-2/h1-2,5-10,15-17H,3-4,11-14H2,(H-,30,31,32,33,34,35);4-5H2,1-3H3/p-1. The Bertz CT molecular complexity index is 1850. The van der Waals surface area contributed by atoms with Crippen LogP contribution in [-0.2, 0) is 26.8 Å². The van der Waals surface area contributed by atoms with Crippen LogP contribution in [0.3, 0.4) is 0 Å². The summed E-state index contributed by atoms with van der Waals surface area (Å²) in [5.41, 5.74) is 2.66. The normalized spacial score (nSPS) is 14.3. The van der Waals surface area contributed by atoms with Crippen molar-refractivity contribution in [1.29, 1.82) is 0 Å². The maximum atomic E-state index is 11.3. The number of aromatic nitrogens is 2. The lowest BCUT2D eigenvalue weighted by atomic mass is 10.2. The zero-order valence-corrected chi connectivity index (χ0v) is 29.3. The lowest BCUT2D eigenvalue weighted by Gasteiger charge is -2.20. The van der Waals surface area contributed by atoms with Gasteiger partial charge >= 0.3 is 0 Å². The van der Waals surface area contributed by atoms with E-state index in [1.807, 2.05) is 68.9 Å². The van der Waals surface area contributed by atoms with E-state index in [0.29, 0.717) is 18.1 Å². The molecule has 10 nitrogen and oxygen atoms in total. The van der Waals surface area contributed by atoms with Gasteiger partial charge in [0.15, 0.2) is 6.54 Å². The van der Waals surface area contributed by atoms with E-state index in [-0.39, 0.29) is 12.8 Å². The lowest BCUT2D eigenvalue weighted by molar-refractivity contribution is -0.668. The second kappa shape index (κ2) is 15.4. The predicted molar refractivity (Wildman–Crippen MR) is 181 cm³/mol. The Morgan fingerprint density at radius 1 is 0.956 bits per heavy atom. The van der Waals surface area contributed by atoms with Crippen molar-refractivity contribution in [1.82, 2.24) is 9.47 Å². The molecular weight excluding hydrogens is 676 g/mol. The fourth-order valence-corrected chi connectivity index (χ4v) is 8.05.